The van der Waals surface area contributed by atoms with E-state index in [1.807, 2.05) is 14.0 Å². The van der Waals surface area contributed by atoms with Gasteiger partial charge in [0.25, 0.3) is 0 Å². The van der Waals surface area contributed by atoms with Gasteiger partial charge in [-0.2, -0.15) is 0 Å². The lowest BCUT2D eigenvalue weighted by atomic mass is 9.79. The lowest BCUT2D eigenvalue weighted by Crippen LogP contribution is -2.63. The van der Waals surface area contributed by atoms with E-state index in [1.165, 1.54) is 16.7 Å². The van der Waals surface area contributed by atoms with Gasteiger partial charge in [-0.3, -0.25) is 4.79 Å². The number of amides is 1. The molecule has 0 radical (unpaired) electrons. The number of aliphatic hydroxyl groups excluding tert-OH is 2. The fourth-order valence-corrected chi connectivity index (χ4v) is 5.96. The highest BCUT2D eigenvalue weighted by Crippen LogP contribution is 2.51. The molecule has 0 unspecified atom stereocenters. The minimum absolute atomic E-state index is 0.00897. The Labute approximate surface area is 163 Å². The highest BCUT2D eigenvalue weighted by Gasteiger charge is 2.60. The quantitative estimate of drug-likeness (QED) is 0.349. The van der Waals surface area contributed by atoms with E-state index < -0.39 is 24.1 Å². The number of thioether (sulfide) groups is 1. The molecule has 0 saturated carbocycles. The summed E-state index contributed by atoms with van der Waals surface area (Å²) in [5.74, 6) is -2.06. The Kier molecular flexibility index (Phi) is 6.17. The number of fused-ring (bicyclic) bond motifs is 1. The first-order chi connectivity index (χ1) is 12.8. The Hall–Kier alpha value is -1.13. The van der Waals surface area contributed by atoms with Crippen LogP contribution in [0.1, 0.15) is 26.7 Å². The predicted molar refractivity (Wildman–Crippen MR) is 102 cm³/mol. The van der Waals surface area contributed by atoms with Crippen molar-refractivity contribution in [3.05, 3.63) is 10.6 Å². The molecule has 0 aliphatic carbocycles. The summed E-state index contributed by atoms with van der Waals surface area (Å²) >= 11 is 1.50. The topological polar surface area (TPSA) is 122 Å². The second-order valence-corrected chi connectivity index (χ2v) is 9.06. The lowest BCUT2D eigenvalue weighted by molar-refractivity contribution is -0.163. The first-order valence-corrected chi connectivity index (χ1v) is 10.4. The number of carboxylic acid groups (broad SMARTS) is 1. The molecule has 7 atom stereocenters. The van der Waals surface area contributed by atoms with E-state index in [-0.39, 0.29) is 34.9 Å². The molecule has 5 N–H and O–H groups in total. The molecule has 0 spiro atoms. The van der Waals surface area contributed by atoms with Crippen LogP contribution >= 0.6 is 11.8 Å². The highest BCUT2D eigenvalue weighted by molar-refractivity contribution is 8.03. The Morgan fingerprint density at radius 2 is 2.15 bits per heavy atom. The van der Waals surface area contributed by atoms with Crippen molar-refractivity contribution < 1.29 is 24.9 Å². The fraction of sp³-hybridized carbons (Fsp3) is 0.778. The number of aliphatic carboxylic acids is 1. The van der Waals surface area contributed by atoms with Crippen LogP contribution in [-0.4, -0.2) is 81.8 Å². The van der Waals surface area contributed by atoms with Gasteiger partial charge in [-0.05, 0) is 33.4 Å². The number of rotatable bonds is 8. The summed E-state index contributed by atoms with van der Waals surface area (Å²) in [6, 6.07) is -0.289. The van der Waals surface area contributed by atoms with Crippen molar-refractivity contribution in [2.75, 3.05) is 20.1 Å². The number of β-lactam (4-membered cyclic amide) rings is 1. The van der Waals surface area contributed by atoms with Gasteiger partial charge < -0.3 is 30.9 Å². The zero-order valence-corrected chi connectivity index (χ0v) is 16.7. The van der Waals surface area contributed by atoms with Gasteiger partial charge in [0, 0.05) is 28.7 Å². The molecule has 0 aromatic carbocycles. The van der Waals surface area contributed by atoms with Crippen LogP contribution in [0.2, 0.25) is 0 Å². The summed E-state index contributed by atoms with van der Waals surface area (Å²) in [7, 11) is 1.85. The summed E-state index contributed by atoms with van der Waals surface area (Å²) < 4.78 is 0. The molecule has 0 aromatic heterocycles. The molecule has 3 rings (SSSR count). The van der Waals surface area contributed by atoms with Gasteiger partial charge in [0.2, 0.25) is 5.91 Å². The monoisotopic (exact) mass is 399 g/mol. The number of carbonyl (C=O) groups is 2. The summed E-state index contributed by atoms with van der Waals surface area (Å²) in [6.45, 7) is 4.94. The minimum atomic E-state index is -1.10. The molecule has 3 heterocycles. The van der Waals surface area contributed by atoms with Crippen LogP contribution in [-0.2, 0) is 9.59 Å². The zero-order valence-electron chi connectivity index (χ0n) is 15.9. The lowest BCUT2D eigenvalue weighted by Gasteiger charge is -2.46. The largest absolute Gasteiger partial charge is 0.477 e. The van der Waals surface area contributed by atoms with Gasteiger partial charge in [-0.15, -0.1) is 11.8 Å². The second kappa shape index (κ2) is 8.08. The zero-order chi connectivity index (χ0) is 19.9. The molecule has 0 aromatic rings. The van der Waals surface area contributed by atoms with Gasteiger partial charge >= 0.3 is 5.97 Å². The van der Waals surface area contributed by atoms with E-state index in [9.17, 15) is 24.9 Å². The van der Waals surface area contributed by atoms with Gasteiger partial charge in [0.05, 0.1) is 24.2 Å². The number of carbonyl (C=O) groups excluding carboxylic acids is 1. The van der Waals surface area contributed by atoms with Crippen molar-refractivity contribution in [1.82, 2.24) is 15.5 Å². The molecular weight excluding hydrogens is 370 g/mol. The summed E-state index contributed by atoms with van der Waals surface area (Å²) in [5.41, 5.74) is 0.0681. The number of nitrogens with one attached hydrogen (secondary N) is 2. The first-order valence-electron chi connectivity index (χ1n) is 9.49. The number of nitrogens with zero attached hydrogens (tertiary/aromatic N) is 1. The maximum Gasteiger partial charge on any atom is 0.353 e. The van der Waals surface area contributed by atoms with Crippen LogP contribution in [0, 0.1) is 11.8 Å². The average molecular weight is 400 g/mol. The molecule has 152 valence electrons. The standard InChI is InChI=1S/C18H29N3O5S/c1-8-14-13(9(2)22)17(24)21(14)15(18(25)26)16(8)27-10-6-11(20-7-10)12(23)4-5-19-3/h8-14,19-20,22-23H,4-7H2,1-3H3,(H,25,26)/t8-,9-,10-,11-,12+,13+,14-/m1/s1. The van der Waals surface area contributed by atoms with E-state index >= 15 is 0 Å². The Bertz CT molecular complexity index is 640. The summed E-state index contributed by atoms with van der Waals surface area (Å²) in [4.78, 5) is 26.3. The van der Waals surface area contributed by atoms with E-state index in [2.05, 4.69) is 10.6 Å². The fourth-order valence-electron chi connectivity index (χ4n) is 4.47. The van der Waals surface area contributed by atoms with Crippen LogP contribution < -0.4 is 10.6 Å². The Balaban J connectivity index is 1.71. The normalized spacial score (nSPS) is 35.2. The van der Waals surface area contributed by atoms with Crippen molar-refractivity contribution in [2.45, 2.75) is 56.2 Å². The van der Waals surface area contributed by atoms with Gasteiger partial charge in [-0.1, -0.05) is 6.92 Å². The molecule has 27 heavy (non-hydrogen) atoms. The molecule has 2 saturated heterocycles. The van der Waals surface area contributed by atoms with Crippen molar-refractivity contribution in [3.8, 4) is 0 Å². The third kappa shape index (κ3) is 3.63. The molecule has 0 bridgehead atoms. The van der Waals surface area contributed by atoms with E-state index in [0.29, 0.717) is 17.9 Å². The smallest absolute Gasteiger partial charge is 0.353 e. The first kappa shape index (κ1) is 20.6. The van der Waals surface area contributed by atoms with Gasteiger partial charge in [-0.25, -0.2) is 4.79 Å². The second-order valence-electron chi connectivity index (χ2n) is 7.72. The van der Waals surface area contributed by atoms with Crippen molar-refractivity contribution in [1.29, 1.82) is 0 Å². The summed E-state index contributed by atoms with van der Waals surface area (Å²) in [5, 5.41) is 36.4. The summed E-state index contributed by atoms with van der Waals surface area (Å²) in [6.07, 6.45) is 0.168. The molecule has 3 aliphatic rings. The van der Waals surface area contributed by atoms with Crippen LogP contribution in [0.15, 0.2) is 10.6 Å². The van der Waals surface area contributed by atoms with Crippen molar-refractivity contribution >= 4 is 23.6 Å². The Morgan fingerprint density at radius 1 is 1.44 bits per heavy atom. The minimum Gasteiger partial charge on any atom is -0.477 e. The van der Waals surface area contributed by atoms with Crippen molar-refractivity contribution in [2.24, 2.45) is 11.8 Å². The third-order valence-corrected chi connectivity index (χ3v) is 7.40. The molecular formula is C18H29N3O5S. The van der Waals surface area contributed by atoms with Crippen LogP contribution in [0.25, 0.3) is 0 Å². The van der Waals surface area contributed by atoms with E-state index in [4.69, 9.17) is 0 Å². The van der Waals surface area contributed by atoms with Gasteiger partial charge in [0.1, 0.15) is 5.70 Å². The Morgan fingerprint density at radius 3 is 2.74 bits per heavy atom. The molecule has 2 fully saturated rings. The number of carboxylic acids is 1. The molecule has 8 nitrogen and oxygen atoms in total. The van der Waals surface area contributed by atoms with Crippen LogP contribution in [0.3, 0.4) is 0 Å². The van der Waals surface area contributed by atoms with Crippen LogP contribution in [0.4, 0.5) is 0 Å². The number of aliphatic hydroxyl groups is 2. The maximum atomic E-state index is 12.4. The third-order valence-electron chi connectivity index (χ3n) is 5.88. The number of hydrogen-bond acceptors (Lipinski definition) is 7. The maximum absolute atomic E-state index is 12.4. The SMILES string of the molecule is CNCC[C@H](O)[C@H]1C[C@@H](SC2=C(C(=O)O)N3C(=O)[C@@H]([C@@H](C)O)[C@H]3[C@H]2C)CN1. The number of hydrogen-bond donors (Lipinski definition) is 5. The van der Waals surface area contributed by atoms with Crippen molar-refractivity contribution in [3.63, 3.8) is 0 Å². The highest BCUT2D eigenvalue weighted by atomic mass is 32.2. The molecule has 1 amide bonds. The average Bonchev–Trinajstić information content (AvgIpc) is 3.15. The van der Waals surface area contributed by atoms with Crippen LogP contribution in [0.5, 0.6) is 0 Å². The predicted octanol–water partition coefficient (Wildman–Crippen LogP) is -0.426. The van der Waals surface area contributed by atoms with E-state index in [1.54, 1.807) is 6.92 Å². The molecule has 9 heteroatoms. The van der Waals surface area contributed by atoms with E-state index in [0.717, 1.165) is 13.0 Å². The molecule has 3 aliphatic heterocycles. The van der Waals surface area contributed by atoms with Gasteiger partial charge in [0.15, 0.2) is 0 Å².